The molecule has 9 heteroatoms. The summed E-state index contributed by atoms with van der Waals surface area (Å²) in [6.07, 6.45) is 0. The van der Waals surface area contributed by atoms with E-state index in [1.165, 1.54) is 66.3 Å². The van der Waals surface area contributed by atoms with Crippen LogP contribution < -0.4 is 0 Å². The van der Waals surface area contributed by atoms with Gasteiger partial charge in [0.1, 0.15) is 22.3 Å². The normalized spacial score (nSPS) is 12.6. The predicted molar refractivity (Wildman–Crippen MR) is 376 cm³/mol. The van der Waals surface area contributed by atoms with Gasteiger partial charge in [-0.15, -0.1) is 0 Å². The molecule has 21 rings (SSSR count). The second-order valence-corrected chi connectivity index (χ2v) is 24.7. The highest BCUT2D eigenvalue weighted by molar-refractivity contribution is 6.11. The molecule has 0 bridgehead atoms. The lowest BCUT2D eigenvalue weighted by molar-refractivity contribution is 0.668. The molecule has 0 unspecified atom stereocenters. The summed E-state index contributed by atoms with van der Waals surface area (Å²) in [5.41, 5.74) is 29.4. The lowest BCUT2D eigenvalue weighted by Gasteiger charge is -2.15. The zero-order valence-electron chi connectivity index (χ0n) is 50.1. The van der Waals surface area contributed by atoms with Gasteiger partial charge < -0.3 is 13.4 Å². The number of fused-ring (bicyclic) bond motifs is 22. The molecule has 0 saturated heterocycles. The highest BCUT2D eigenvalue weighted by atomic mass is 16.3. The predicted octanol–water partition coefficient (Wildman–Crippen LogP) is 21.2. The monoisotopic (exact) mass is 1180 g/mol. The van der Waals surface area contributed by atoms with Gasteiger partial charge in [-0.05, 0) is 192 Å². The van der Waals surface area contributed by atoms with Crippen molar-refractivity contribution in [3.63, 3.8) is 0 Å². The molecule has 0 atom stereocenters. The maximum atomic E-state index is 6.22. The standard InChI is InChI=1S/C44H28N4O.C39H25N3O/c1-27-15-21-42-34(23-27)35-26-31(18-22-43(35)49-42)47-40-20-17-29(25-41(40)48-39-14-8-6-12-36(39)45-44(47)48)28-16-19-38-33(24-28)32-11-5-7-13-37(32)46(38)30-9-3-2-4-10-30;1-23-14-18-36-30(20-23)31-22-25(16-19-37(31)43-36)41-34-17-15-24(21-35(34)42-33-13-7-6-12-32(33)40-39(41)42)38-28-10-4-2-8-26(28)27-9-3-5-11-29(27)38/h2-26H,1H3;2-22,38H,1H3. The van der Waals surface area contributed by atoms with Crippen LogP contribution in [0, 0.1) is 13.8 Å². The summed E-state index contributed by atoms with van der Waals surface area (Å²) in [6.45, 7) is 4.25. The molecule has 0 N–H and O–H groups in total. The van der Waals surface area contributed by atoms with Crippen LogP contribution >= 0.6 is 0 Å². The van der Waals surface area contributed by atoms with Crippen molar-refractivity contribution in [3.05, 3.63) is 307 Å². The maximum absolute atomic E-state index is 6.22. The minimum Gasteiger partial charge on any atom is -0.456 e. The van der Waals surface area contributed by atoms with Gasteiger partial charge in [0, 0.05) is 43.9 Å². The second-order valence-electron chi connectivity index (χ2n) is 24.7. The minimum absolute atomic E-state index is 0.182. The Morgan fingerprint density at radius 2 is 0.750 bits per heavy atom. The molecule has 432 valence electrons. The number of aryl methyl sites for hydroxylation is 2. The third-order valence-corrected chi connectivity index (χ3v) is 19.3. The van der Waals surface area contributed by atoms with Crippen molar-refractivity contribution in [1.82, 2.24) is 32.5 Å². The summed E-state index contributed by atoms with van der Waals surface area (Å²) in [4.78, 5) is 10.4. The molecule has 1 aliphatic carbocycles. The molecule has 7 heterocycles. The number of para-hydroxylation sites is 6. The van der Waals surface area contributed by atoms with E-state index >= 15 is 0 Å². The third-order valence-electron chi connectivity index (χ3n) is 19.3. The van der Waals surface area contributed by atoms with E-state index in [1.54, 1.807) is 0 Å². The quantitative estimate of drug-likeness (QED) is 0.172. The summed E-state index contributed by atoms with van der Waals surface area (Å²) in [5, 5.41) is 6.97. The number of imidazole rings is 4. The smallest absolute Gasteiger partial charge is 0.220 e. The molecule has 92 heavy (non-hydrogen) atoms. The third kappa shape index (κ3) is 7.35. The van der Waals surface area contributed by atoms with Crippen LogP contribution in [0.15, 0.2) is 288 Å². The van der Waals surface area contributed by atoms with E-state index in [4.69, 9.17) is 18.8 Å². The number of nitrogens with zero attached hydrogens (tertiary/aromatic N) is 7. The number of hydrogen-bond donors (Lipinski definition) is 0. The van der Waals surface area contributed by atoms with Crippen LogP contribution in [0.25, 0.3) is 161 Å². The van der Waals surface area contributed by atoms with E-state index in [0.717, 1.165) is 122 Å². The molecule has 1 aliphatic rings. The molecule has 0 aliphatic heterocycles. The average Bonchev–Trinajstić information content (AvgIpc) is 1.57. The Hall–Kier alpha value is -12.2. The first-order valence-electron chi connectivity index (χ1n) is 31.4. The Morgan fingerprint density at radius 3 is 1.35 bits per heavy atom. The molecule has 7 aromatic heterocycles. The van der Waals surface area contributed by atoms with Crippen LogP contribution in [0.4, 0.5) is 0 Å². The molecular formula is C83H53N7O2. The van der Waals surface area contributed by atoms with Gasteiger partial charge in [0.15, 0.2) is 0 Å². The van der Waals surface area contributed by atoms with Gasteiger partial charge >= 0.3 is 0 Å². The van der Waals surface area contributed by atoms with Gasteiger partial charge in [-0.25, -0.2) is 9.97 Å². The Kier molecular flexibility index (Phi) is 10.6. The van der Waals surface area contributed by atoms with Crippen molar-refractivity contribution in [2.24, 2.45) is 0 Å². The molecule has 20 aromatic rings. The highest BCUT2D eigenvalue weighted by Crippen LogP contribution is 2.49. The van der Waals surface area contributed by atoms with E-state index in [0.29, 0.717) is 0 Å². The van der Waals surface area contributed by atoms with E-state index < -0.39 is 0 Å². The van der Waals surface area contributed by atoms with Crippen LogP contribution in [-0.4, -0.2) is 32.5 Å². The first-order valence-corrected chi connectivity index (χ1v) is 31.4. The lowest BCUT2D eigenvalue weighted by Crippen LogP contribution is -2.00. The topological polar surface area (TPSA) is 75.7 Å². The van der Waals surface area contributed by atoms with Gasteiger partial charge in [-0.2, -0.15) is 0 Å². The highest BCUT2D eigenvalue weighted by Gasteiger charge is 2.31. The van der Waals surface area contributed by atoms with E-state index in [-0.39, 0.29) is 5.92 Å². The van der Waals surface area contributed by atoms with E-state index in [2.05, 4.69) is 315 Å². The van der Waals surface area contributed by atoms with Crippen molar-refractivity contribution in [3.8, 4) is 39.3 Å². The molecule has 0 spiro atoms. The molecule has 0 amide bonds. The molecular weight excluding hydrogens is 1130 g/mol. The van der Waals surface area contributed by atoms with Gasteiger partial charge in [-0.1, -0.05) is 151 Å². The second kappa shape index (κ2) is 19.2. The Bertz CT molecular complexity index is 6450. The number of aromatic nitrogens is 7. The fourth-order valence-electron chi connectivity index (χ4n) is 15.2. The molecule has 0 saturated carbocycles. The number of furan rings is 2. The van der Waals surface area contributed by atoms with Crippen molar-refractivity contribution in [2.45, 2.75) is 19.8 Å². The average molecular weight is 1180 g/mol. The summed E-state index contributed by atoms with van der Waals surface area (Å²) in [5.74, 6) is 1.98. The van der Waals surface area contributed by atoms with Gasteiger partial charge in [0.05, 0.1) is 66.5 Å². The molecule has 0 radical (unpaired) electrons. The summed E-state index contributed by atoms with van der Waals surface area (Å²) in [7, 11) is 0. The Balaban J connectivity index is 0.000000129. The summed E-state index contributed by atoms with van der Waals surface area (Å²) < 4.78 is 24.0. The minimum atomic E-state index is 0.182. The molecule has 9 nitrogen and oxygen atoms in total. The van der Waals surface area contributed by atoms with E-state index in [1.807, 2.05) is 0 Å². The largest absolute Gasteiger partial charge is 0.456 e. The zero-order chi connectivity index (χ0) is 60.4. The fourth-order valence-corrected chi connectivity index (χ4v) is 15.2. The van der Waals surface area contributed by atoms with E-state index in [9.17, 15) is 0 Å². The van der Waals surface area contributed by atoms with Crippen LogP contribution in [0.2, 0.25) is 0 Å². The first kappa shape index (κ1) is 50.8. The van der Waals surface area contributed by atoms with Gasteiger partial charge in [0.25, 0.3) is 0 Å². The Labute approximate surface area is 525 Å². The number of benzene rings is 13. The number of hydrogen-bond acceptors (Lipinski definition) is 4. The van der Waals surface area contributed by atoms with Crippen LogP contribution in [0.3, 0.4) is 0 Å². The van der Waals surface area contributed by atoms with Crippen molar-refractivity contribution < 1.29 is 8.83 Å². The van der Waals surface area contributed by atoms with Crippen molar-refractivity contribution >= 4 is 121 Å². The Morgan fingerprint density at radius 1 is 0.293 bits per heavy atom. The number of rotatable bonds is 5. The van der Waals surface area contributed by atoms with Crippen LogP contribution in [0.5, 0.6) is 0 Å². The van der Waals surface area contributed by atoms with Crippen LogP contribution in [-0.2, 0) is 0 Å². The van der Waals surface area contributed by atoms with Gasteiger partial charge in [0.2, 0.25) is 11.6 Å². The lowest BCUT2D eigenvalue weighted by atomic mass is 9.89. The zero-order valence-corrected chi connectivity index (χ0v) is 50.1. The van der Waals surface area contributed by atoms with Crippen molar-refractivity contribution in [1.29, 1.82) is 0 Å². The SMILES string of the molecule is Cc1ccc2oc3ccc(-n4c5ccc(-c6ccc7c(c6)c6ccccc6n7-c6ccccc6)cc5n5c6ccccc6nc45)cc3c2c1.Cc1ccc2oc3ccc(-n4c5ccc(C6c7ccccc7-c7ccccc76)cc5n5c6ccccc6nc45)cc3c2c1. The molecule has 0 fully saturated rings. The van der Waals surface area contributed by atoms with Crippen LogP contribution in [0.1, 0.15) is 33.7 Å². The fraction of sp³-hybridized carbons (Fsp3) is 0.0361. The van der Waals surface area contributed by atoms with Crippen molar-refractivity contribution in [2.75, 3.05) is 0 Å². The maximum Gasteiger partial charge on any atom is 0.220 e. The molecule has 13 aromatic carbocycles. The summed E-state index contributed by atoms with van der Waals surface area (Å²) in [6, 6.07) is 100. The summed E-state index contributed by atoms with van der Waals surface area (Å²) >= 11 is 0. The first-order chi connectivity index (χ1) is 45.4. The van der Waals surface area contributed by atoms with Gasteiger partial charge in [-0.3, -0.25) is 17.9 Å².